The van der Waals surface area contributed by atoms with Crippen LogP contribution in [-0.4, -0.2) is 68.2 Å². The van der Waals surface area contributed by atoms with Crippen LogP contribution < -0.4 is 21.2 Å². The number of rotatable bonds is 19. The van der Waals surface area contributed by atoms with Crippen LogP contribution in [0, 0.1) is 0 Å². The predicted molar refractivity (Wildman–Crippen MR) is 198 cm³/mol. The first-order valence-electron chi connectivity index (χ1n) is 17.4. The molecule has 1 fully saturated rings. The van der Waals surface area contributed by atoms with Gasteiger partial charge in [0, 0.05) is 37.3 Å². The van der Waals surface area contributed by atoms with Crippen molar-refractivity contribution in [1.29, 1.82) is 0 Å². The number of nitrogens with one attached hydrogen (secondary N) is 3. The van der Waals surface area contributed by atoms with Crippen molar-refractivity contribution in [3.8, 4) is 0 Å². The topological polar surface area (TPSA) is 190 Å². The summed E-state index contributed by atoms with van der Waals surface area (Å²) in [7, 11) is 0. The molecule has 0 unspecified atom stereocenters. The highest BCUT2D eigenvalue weighted by molar-refractivity contribution is 8.18. The molecule has 14 nitrogen and oxygen atoms in total. The fourth-order valence-electron chi connectivity index (χ4n) is 5.63. The Morgan fingerprint density at radius 1 is 0.846 bits per heavy atom. The summed E-state index contributed by atoms with van der Waals surface area (Å²) in [4.78, 5) is 51.7. The molecule has 274 valence electrons. The molecule has 5 rings (SSSR count). The number of unbranched alkanes of at least 4 members (excludes halogenated alkanes) is 5. The molecule has 2 heterocycles. The lowest BCUT2D eigenvalue weighted by Crippen LogP contribution is -2.29. The van der Waals surface area contributed by atoms with E-state index >= 15 is 0 Å². The molecule has 0 atom stereocenters. The Morgan fingerprint density at radius 3 is 2.27 bits per heavy atom. The monoisotopic (exact) mass is 729 g/mol. The Hall–Kier alpha value is -5.25. The number of aromatic nitrogens is 2. The average Bonchev–Trinajstić information content (AvgIpc) is 3.74. The summed E-state index contributed by atoms with van der Waals surface area (Å²) in [5.74, 6) is -0.425. The molecule has 1 aromatic heterocycles. The summed E-state index contributed by atoms with van der Waals surface area (Å²) < 4.78 is 4.74. The SMILES string of the molecule is CCc1ccc(/C=C2\SC(=O)N(CCCCCCNC(=O)CCCCCNC(=O)c3ccc(Nc4ccc(N(O)O)c5nonc45)cc3)C2=O)cc1. The van der Waals surface area contributed by atoms with Crippen LogP contribution in [0.1, 0.15) is 79.8 Å². The van der Waals surface area contributed by atoms with Gasteiger partial charge in [0.05, 0.1) is 10.6 Å². The van der Waals surface area contributed by atoms with Crippen LogP contribution in [0.5, 0.6) is 0 Å². The van der Waals surface area contributed by atoms with Crippen molar-refractivity contribution in [3.63, 3.8) is 0 Å². The number of fused-ring (bicyclic) bond motifs is 1. The first kappa shape index (κ1) is 38.0. The number of nitrogens with zero attached hydrogens (tertiary/aromatic N) is 4. The smallest absolute Gasteiger partial charge is 0.293 e. The first-order valence-corrected chi connectivity index (χ1v) is 18.2. The third-order valence-electron chi connectivity index (χ3n) is 8.59. The third kappa shape index (κ3) is 10.4. The van der Waals surface area contributed by atoms with E-state index in [9.17, 15) is 29.6 Å². The fourth-order valence-corrected chi connectivity index (χ4v) is 6.49. The Labute approximate surface area is 305 Å². The molecule has 4 amide bonds. The normalized spacial score (nSPS) is 13.6. The van der Waals surface area contributed by atoms with Crippen LogP contribution in [0.4, 0.5) is 21.9 Å². The molecule has 15 heteroatoms. The first-order chi connectivity index (χ1) is 25.2. The highest BCUT2D eigenvalue weighted by atomic mass is 32.2. The second kappa shape index (κ2) is 18.8. The summed E-state index contributed by atoms with van der Waals surface area (Å²) in [6.45, 7) is 3.57. The van der Waals surface area contributed by atoms with Crippen LogP contribution in [0.3, 0.4) is 0 Å². The van der Waals surface area contributed by atoms with Crippen molar-refractivity contribution in [3.05, 3.63) is 82.3 Å². The minimum absolute atomic E-state index is 0.00641. The number of carbonyl (C=O) groups is 4. The van der Waals surface area contributed by atoms with Crippen LogP contribution >= 0.6 is 11.8 Å². The minimum atomic E-state index is -0.233. The molecular formula is C37H43N7O7S. The van der Waals surface area contributed by atoms with Gasteiger partial charge in [-0.3, -0.25) is 34.5 Å². The van der Waals surface area contributed by atoms with E-state index in [-0.39, 0.29) is 39.4 Å². The summed E-state index contributed by atoms with van der Waals surface area (Å²) in [6.07, 6.45) is 8.73. The van der Waals surface area contributed by atoms with Gasteiger partial charge < -0.3 is 16.0 Å². The Balaban J connectivity index is 0.886. The Morgan fingerprint density at radius 2 is 1.54 bits per heavy atom. The van der Waals surface area contributed by atoms with Crippen LogP contribution in [0.15, 0.2) is 70.2 Å². The lowest BCUT2D eigenvalue weighted by molar-refractivity contribution is -0.123. The molecule has 4 aromatic rings. The summed E-state index contributed by atoms with van der Waals surface area (Å²) in [5, 5.41) is 34.9. The van der Waals surface area contributed by atoms with Gasteiger partial charge >= 0.3 is 0 Å². The van der Waals surface area contributed by atoms with Crippen molar-refractivity contribution >= 4 is 68.9 Å². The van der Waals surface area contributed by atoms with Gasteiger partial charge in [0.2, 0.25) is 5.91 Å². The van der Waals surface area contributed by atoms with E-state index in [0.29, 0.717) is 53.4 Å². The Kier molecular flexibility index (Phi) is 13.8. The largest absolute Gasteiger partial charge is 0.356 e. The van der Waals surface area contributed by atoms with E-state index in [1.54, 1.807) is 36.4 Å². The molecule has 0 aliphatic carbocycles. The van der Waals surface area contributed by atoms with Crippen molar-refractivity contribution in [2.75, 3.05) is 30.2 Å². The standard InChI is InChI=1S/C37H43N7O7S/c1-2-25-11-13-26(14-12-25)24-31-36(47)43(37(48)52-31)23-9-4-3-7-21-38-32(45)10-6-5-8-22-39-35(46)27-15-17-28(18-16-27)40-29-19-20-30(44(49)50)34-33(29)41-51-42-34/h11-20,24,40,49-50H,2-10,21-23H2,1H3,(H,38,45)(H,39,46)/b31-24-. The second-order valence-electron chi connectivity index (χ2n) is 12.3. The predicted octanol–water partition coefficient (Wildman–Crippen LogP) is 6.82. The average molecular weight is 730 g/mol. The lowest BCUT2D eigenvalue weighted by Gasteiger charge is -2.12. The van der Waals surface area contributed by atoms with Gasteiger partial charge in [-0.2, -0.15) is 0 Å². The number of hydrogen-bond acceptors (Lipinski definition) is 12. The zero-order chi connectivity index (χ0) is 36.9. The minimum Gasteiger partial charge on any atom is -0.356 e. The van der Waals surface area contributed by atoms with Gasteiger partial charge in [0.1, 0.15) is 5.69 Å². The highest BCUT2D eigenvalue weighted by Crippen LogP contribution is 2.33. The molecule has 0 saturated carbocycles. The summed E-state index contributed by atoms with van der Waals surface area (Å²) >= 11 is 0.989. The second-order valence-corrected chi connectivity index (χ2v) is 13.3. The van der Waals surface area contributed by atoms with E-state index in [4.69, 9.17) is 4.63 Å². The van der Waals surface area contributed by atoms with Crippen molar-refractivity contribution in [2.45, 2.75) is 64.7 Å². The molecule has 0 spiro atoms. The maximum Gasteiger partial charge on any atom is 0.293 e. The molecule has 0 bridgehead atoms. The molecule has 0 radical (unpaired) electrons. The zero-order valence-corrected chi connectivity index (χ0v) is 29.8. The van der Waals surface area contributed by atoms with Crippen molar-refractivity contribution in [2.24, 2.45) is 0 Å². The van der Waals surface area contributed by atoms with E-state index in [2.05, 4.69) is 33.2 Å². The highest BCUT2D eigenvalue weighted by Gasteiger charge is 2.34. The zero-order valence-electron chi connectivity index (χ0n) is 29.0. The number of thioether (sulfide) groups is 1. The van der Waals surface area contributed by atoms with Gasteiger partial charge in [-0.15, -0.1) is 5.23 Å². The number of aryl methyl sites for hydroxylation is 1. The molecule has 3 aromatic carbocycles. The molecule has 52 heavy (non-hydrogen) atoms. The molecule has 5 N–H and O–H groups in total. The number of amides is 4. The summed E-state index contributed by atoms with van der Waals surface area (Å²) in [5.41, 5.74) is 4.33. The quantitative estimate of drug-likeness (QED) is 0.0385. The lowest BCUT2D eigenvalue weighted by atomic mass is 10.1. The van der Waals surface area contributed by atoms with Gasteiger partial charge in [0.15, 0.2) is 11.0 Å². The van der Waals surface area contributed by atoms with E-state index in [1.165, 1.54) is 16.5 Å². The van der Waals surface area contributed by atoms with Gasteiger partial charge in [-0.05, 0) is 108 Å². The fraction of sp³-hybridized carbons (Fsp3) is 0.351. The van der Waals surface area contributed by atoms with Gasteiger partial charge in [-0.1, -0.05) is 50.5 Å². The molecule has 1 aliphatic rings. The van der Waals surface area contributed by atoms with Crippen LogP contribution in [0.25, 0.3) is 17.1 Å². The number of benzene rings is 3. The molecule has 1 saturated heterocycles. The number of anilines is 3. The van der Waals surface area contributed by atoms with Crippen molar-refractivity contribution in [1.82, 2.24) is 25.8 Å². The van der Waals surface area contributed by atoms with E-state index in [0.717, 1.165) is 68.7 Å². The van der Waals surface area contributed by atoms with E-state index in [1.807, 2.05) is 24.3 Å². The maximum absolute atomic E-state index is 12.8. The Bertz CT molecular complexity index is 1880. The van der Waals surface area contributed by atoms with Gasteiger partial charge in [0.25, 0.3) is 17.1 Å². The molecule has 1 aliphatic heterocycles. The van der Waals surface area contributed by atoms with Gasteiger partial charge in [-0.25, -0.2) is 4.63 Å². The summed E-state index contributed by atoms with van der Waals surface area (Å²) in [6, 6.07) is 17.9. The third-order valence-corrected chi connectivity index (χ3v) is 9.50. The maximum atomic E-state index is 12.8. The molecular weight excluding hydrogens is 687 g/mol. The number of imide groups is 1. The van der Waals surface area contributed by atoms with Crippen LogP contribution in [-0.2, 0) is 16.0 Å². The van der Waals surface area contributed by atoms with Crippen molar-refractivity contribution < 1.29 is 34.2 Å². The van der Waals surface area contributed by atoms with Crippen LogP contribution in [0.2, 0.25) is 0 Å². The number of hydrogen-bond donors (Lipinski definition) is 5. The number of carbonyl (C=O) groups excluding carboxylic acids is 4. The van der Waals surface area contributed by atoms with E-state index < -0.39 is 0 Å².